The maximum atomic E-state index is 12.7. The van der Waals surface area contributed by atoms with Crippen LogP contribution in [0.5, 0.6) is 0 Å². The summed E-state index contributed by atoms with van der Waals surface area (Å²) in [5, 5.41) is 2.74. The van der Waals surface area contributed by atoms with E-state index in [9.17, 15) is 4.79 Å². The van der Waals surface area contributed by atoms with Gasteiger partial charge in [0, 0.05) is 54.1 Å². The minimum absolute atomic E-state index is 0.00410. The monoisotopic (exact) mass is 351 g/mol. The highest BCUT2D eigenvalue weighted by Crippen LogP contribution is 2.25. The zero-order chi connectivity index (χ0) is 17.2. The lowest BCUT2D eigenvalue weighted by atomic mass is 10.0. The molecule has 126 valence electrons. The Labute approximate surface area is 149 Å². The first-order valence-electron chi connectivity index (χ1n) is 8.17. The van der Waals surface area contributed by atoms with E-state index in [0.29, 0.717) is 18.8 Å². The standard InChI is InChI=1S/C18H17N5OS/c1-12-22-16(10-25-12)18(24)23-8-4-14-15(5-9-23)20-11-21-17(14)13-2-6-19-7-3-13/h2-3,6-7,10-11H,4-5,8-9H2,1H3. The number of aryl methyl sites for hydroxylation is 1. The molecule has 4 rings (SSSR count). The van der Waals surface area contributed by atoms with Crippen LogP contribution in [0.15, 0.2) is 36.2 Å². The zero-order valence-corrected chi connectivity index (χ0v) is 14.7. The summed E-state index contributed by atoms with van der Waals surface area (Å²) in [6.07, 6.45) is 6.60. The molecule has 6 nitrogen and oxygen atoms in total. The van der Waals surface area contributed by atoms with E-state index in [0.717, 1.165) is 40.4 Å². The van der Waals surface area contributed by atoms with Crippen LogP contribution in [0.1, 0.15) is 26.8 Å². The molecule has 0 fully saturated rings. The van der Waals surface area contributed by atoms with Gasteiger partial charge >= 0.3 is 0 Å². The van der Waals surface area contributed by atoms with Crippen LogP contribution in [0.4, 0.5) is 0 Å². The van der Waals surface area contributed by atoms with Crippen LogP contribution in [0, 0.1) is 6.92 Å². The van der Waals surface area contributed by atoms with Crippen LogP contribution in [-0.4, -0.2) is 43.8 Å². The van der Waals surface area contributed by atoms with Crippen molar-refractivity contribution in [1.82, 2.24) is 24.8 Å². The fourth-order valence-electron chi connectivity index (χ4n) is 3.11. The van der Waals surface area contributed by atoms with Gasteiger partial charge in [0.15, 0.2) is 0 Å². The van der Waals surface area contributed by atoms with Crippen molar-refractivity contribution in [2.75, 3.05) is 13.1 Å². The predicted molar refractivity (Wildman–Crippen MR) is 95.4 cm³/mol. The van der Waals surface area contributed by atoms with E-state index in [1.54, 1.807) is 18.7 Å². The maximum absolute atomic E-state index is 12.7. The highest BCUT2D eigenvalue weighted by Gasteiger charge is 2.24. The maximum Gasteiger partial charge on any atom is 0.273 e. The number of pyridine rings is 1. The van der Waals surface area contributed by atoms with Gasteiger partial charge in [-0.25, -0.2) is 15.0 Å². The van der Waals surface area contributed by atoms with Gasteiger partial charge in [-0.1, -0.05) is 0 Å². The van der Waals surface area contributed by atoms with E-state index < -0.39 is 0 Å². The van der Waals surface area contributed by atoms with E-state index in [1.165, 1.54) is 11.3 Å². The van der Waals surface area contributed by atoms with Crippen LogP contribution in [-0.2, 0) is 12.8 Å². The molecule has 25 heavy (non-hydrogen) atoms. The van der Waals surface area contributed by atoms with Crippen LogP contribution in [0.3, 0.4) is 0 Å². The molecule has 7 heteroatoms. The molecule has 1 aliphatic rings. The summed E-state index contributed by atoms with van der Waals surface area (Å²) in [6.45, 7) is 3.21. The van der Waals surface area contributed by atoms with Gasteiger partial charge in [-0.05, 0) is 25.5 Å². The number of hydrogen-bond donors (Lipinski definition) is 0. The minimum atomic E-state index is -0.00410. The second-order valence-electron chi connectivity index (χ2n) is 5.93. The summed E-state index contributed by atoms with van der Waals surface area (Å²) >= 11 is 1.50. The number of carbonyl (C=O) groups is 1. The molecular weight excluding hydrogens is 334 g/mol. The summed E-state index contributed by atoms with van der Waals surface area (Å²) < 4.78 is 0. The first kappa shape index (κ1) is 15.8. The van der Waals surface area contributed by atoms with Gasteiger partial charge in [0.05, 0.1) is 10.7 Å². The summed E-state index contributed by atoms with van der Waals surface area (Å²) in [6, 6.07) is 3.91. The lowest BCUT2D eigenvalue weighted by Crippen LogP contribution is -2.33. The number of aromatic nitrogens is 4. The Hall–Kier alpha value is -2.67. The topological polar surface area (TPSA) is 71.9 Å². The molecule has 1 amide bonds. The van der Waals surface area contributed by atoms with Crippen molar-refractivity contribution in [3.8, 4) is 11.3 Å². The summed E-state index contributed by atoms with van der Waals surface area (Å²) in [7, 11) is 0. The molecule has 1 aliphatic heterocycles. The number of fused-ring (bicyclic) bond motifs is 1. The van der Waals surface area contributed by atoms with Crippen LogP contribution in [0.2, 0.25) is 0 Å². The van der Waals surface area contributed by atoms with Crippen molar-refractivity contribution in [2.45, 2.75) is 19.8 Å². The van der Waals surface area contributed by atoms with Crippen molar-refractivity contribution in [3.05, 3.63) is 58.2 Å². The molecule has 0 aliphatic carbocycles. The average molecular weight is 351 g/mol. The third kappa shape index (κ3) is 3.15. The molecule has 0 spiro atoms. The third-order valence-electron chi connectivity index (χ3n) is 4.36. The van der Waals surface area contributed by atoms with E-state index in [2.05, 4.69) is 19.9 Å². The summed E-state index contributed by atoms with van der Waals surface area (Å²) in [4.78, 5) is 31.9. The number of carbonyl (C=O) groups excluding carboxylic acids is 1. The predicted octanol–water partition coefficient (Wildman–Crippen LogP) is 2.54. The minimum Gasteiger partial charge on any atom is -0.337 e. The van der Waals surface area contributed by atoms with E-state index >= 15 is 0 Å². The molecule has 0 radical (unpaired) electrons. The smallest absolute Gasteiger partial charge is 0.273 e. The Morgan fingerprint density at radius 2 is 1.96 bits per heavy atom. The number of amides is 1. The number of nitrogens with zero attached hydrogens (tertiary/aromatic N) is 5. The first-order valence-corrected chi connectivity index (χ1v) is 9.05. The van der Waals surface area contributed by atoms with Gasteiger partial charge in [0.2, 0.25) is 0 Å². The Morgan fingerprint density at radius 1 is 1.16 bits per heavy atom. The third-order valence-corrected chi connectivity index (χ3v) is 5.14. The quantitative estimate of drug-likeness (QED) is 0.709. The fraction of sp³-hybridized carbons (Fsp3) is 0.278. The van der Waals surface area contributed by atoms with Crippen LogP contribution < -0.4 is 0 Å². The van der Waals surface area contributed by atoms with Crippen molar-refractivity contribution in [1.29, 1.82) is 0 Å². The van der Waals surface area contributed by atoms with Crippen LogP contribution >= 0.6 is 11.3 Å². The molecule has 3 aromatic heterocycles. The molecule has 0 atom stereocenters. The molecule has 0 N–H and O–H groups in total. The van der Waals surface area contributed by atoms with E-state index in [4.69, 9.17) is 0 Å². The largest absolute Gasteiger partial charge is 0.337 e. The molecule has 0 aromatic carbocycles. The number of thiazole rings is 1. The normalized spacial score (nSPS) is 14.0. The average Bonchev–Trinajstić information content (AvgIpc) is 2.96. The van der Waals surface area contributed by atoms with Gasteiger partial charge in [0.25, 0.3) is 5.91 Å². The van der Waals surface area contributed by atoms with Crippen molar-refractivity contribution in [3.63, 3.8) is 0 Å². The SMILES string of the molecule is Cc1nc(C(=O)N2CCc3ncnc(-c4ccncc4)c3CC2)cs1. The van der Waals surface area contributed by atoms with Crippen LogP contribution in [0.25, 0.3) is 11.3 Å². The number of hydrogen-bond acceptors (Lipinski definition) is 6. The van der Waals surface area contributed by atoms with E-state index in [1.807, 2.05) is 29.3 Å². The lowest BCUT2D eigenvalue weighted by molar-refractivity contribution is 0.0757. The highest BCUT2D eigenvalue weighted by molar-refractivity contribution is 7.09. The summed E-state index contributed by atoms with van der Waals surface area (Å²) in [5.41, 5.74) is 4.65. The van der Waals surface area contributed by atoms with Crippen molar-refractivity contribution < 1.29 is 4.79 Å². The first-order chi connectivity index (χ1) is 12.2. The fourth-order valence-corrected chi connectivity index (χ4v) is 3.70. The van der Waals surface area contributed by atoms with Gasteiger partial charge in [-0.15, -0.1) is 11.3 Å². The molecule has 4 heterocycles. The van der Waals surface area contributed by atoms with Gasteiger partial charge in [0.1, 0.15) is 12.0 Å². The molecule has 3 aromatic rings. The van der Waals surface area contributed by atoms with Crippen molar-refractivity contribution in [2.24, 2.45) is 0 Å². The molecular formula is C18H17N5OS. The Bertz CT molecular complexity index is 909. The second kappa shape index (κ2) is 6.68. The zero-order valence-electron chi connectivity index (χ0n) is 13.8. The van der Waals surface area contributed by atoms with Crippen molar-refractivity contribution >= 4 is 17.2 Å². The van der Waals surface area contributed by atoms with E-state index in [-0.39, 0.29) is 5.91 Å². The molecule has 0 saturated carbocycles. The number of rotatable bonds is 2. The Kier molecular flexibility index (Phi) is 4.23. The van der Waals surface area contributed by atoms with Gasteiger partial charge in [-0.3, -0.25) is 9.78 Å². The molecule has 0 saturated heterocycles. The Balaban J connectivity index is 1.61. The second-order valence-corrected chi connectivity index (χ2v) is 6.99. The highest BCUT2D eigenvalue weighted by atomic mass is 32.1. The Morgan fingerprint density at radius 3 is 2.72 bits per heavy atom. The molecule has 0 unspecified atom stereocenters. The summed E-state index contributed by atoms with van der Waals surface area (Å²) in [5.74, 6) is -0.00410. The van der Waals surface area contributed by atoms with Gasteiger partial charge < -0.3 is 4.90 Å². The molecule has 0 bridgehead atoms. The van der Waals surface area contributed by atoms with Gasteiger partial charge in [-0.2, -0.15) is 0 Å². The lowest BCUT2D eigenvalue weighted by Gasteiger charge is -2.18.